The number of hydrogen-bond donors (Lipinski definition) is 2. The smallest absolute Gasteiger partial charge is 0.200 e. The predicted molar refractivity (Wildman–Crippen MR) is 53.8 cm³/mol. The summed E-state index contributed by atoms with van der Waals surface area (Å²) in [5, 5.41) is 3.40. The Balaban J connectivity index is 1.89. The molecule has 1 heterocycles. The lowest BCUT2D eigenvalue weighted by Crippen LogP contribution is -2.31. The topological polar surface area (TPSA) is 40.7 Å². The molecule has 2 rings (SSSR count). The summed E-state index contributed by atoms with van der Waals surface area (Å²) in [4.78, 5) is 7.42. The summed E-state index contributed by atoms with van der Waals surface area (Å²) < 4.78 is 0. The molecule has 1 aromatic rings. The highest BCUT2D eigenvalue weighted by molar-refractivity contribution is 5.27. The third kappa shape index (κ3) is 1.85. The maximum absolute atomic E-state index is 4.23. The van der Waals surface area contributed by atoms with Crippen molar-refractivity contribution in [2.24, 2.45) is 5.92 Å². The number of anilines is 1. The van der Waals surface area contributed by atoms with E-state index in [-0.39, 0.29) is 0 Å². The summed E-state index contributed by atoms with van der Waals surface area (Å²) in [5.41, 5.74) is 1.11. The zero-order chi connectivity index (χ0) is 9.26. The lowest BCUT2D eigenvalue weighted by Gasteiger charge is -2.31. The van der Waals surface area contributed by atoms with Crippen LogP contribution in [0.15, 0.2) is 6.20 Å². The molecule has 0 amide bonds. The summed E-state index contributed by atoms with van der Waals surface area (Å²) in [6.45, 7) is 4.26. The van der Waals surface area contributed by atoms with Crippen LogP contribution in [0.4, 0.5) is 5.95 Å². The van der Waals surface area contributed by atoms with E-state index in [4.69, 9.17) is 0 Å². The van der Waals surface area contributed by atoms with Crippen molar-refractivity contribution in [3.63, 3.8) is 0 Å². The van der Waals surface area contributed by atoms with Gasteiger partial charge in [0.1, 0.15) is 0 Å². The van der Waals surface area contributed by atoms with Gasteiger partial charge >= 0.3 is 0 Å². The maximum Gasteiger partial charge on any atom is 0.200 e. The molecule has 1 atom stereocenters. The Bertz CT molecular complexity index is 275. The first-order valence-electron chi connectivity index (χ1n) is 5.04. The number of rotatable bonds is 3. The van der Waals surface area contributed by atoms with Crippen molar-refractivity contribution in [3.8, 4) is 0 Å². The minimum Gasteiger partial charge on any atom is -0.353 e. The van der Waals surface area contributed by atoms with Crippen molar-refractivity contribution in [3.05, 3.63) is 11.9 Å². The predicted octanol–water partition coefficient (Wildman–Crippen LogP) is 2.32. The van der Waals surface area contributed by atoms with Crippen LogP contribution in [-0.2, 0) is 0 Å². The second-order valence-corrected chi connectivity index (χ2v) is 4.04. The second kappa shape index (κ2) is 3.40. The van der Waals surface area contributed by atoms with Crippen LogP contribution in [0.3, 0.4) is 0 Å². The normalized spacial score (nSPS) is 19.5. The maximum atomic E-state index is 4.23. The molecule has 0 spiro atoms. The van der Waals surface area contributed by atoms with Gasteiger partial charge in [-0.3, -0.25) is 0 Å². The van der Waals surface area contributed by atoms with Gasteiger partial charge in [-0.2, -0.15) is 0 Å². The van der Waals surface area contributed by atoms with Crippen LogP contribution in [0.2, 0.25) is 0 Å². The van der Waals surface area contributed by atoms with E-state index in [1.54, 1.807) is 0 Å². The number of nitrogens with one attached hydrogen (secondary N) is 2. The average molecular weight is 179 g/mol. The van der Waals surface area contributed by atoms with Gasteiger partial charge in [0.15, 0.2) is 0 Å². The van der Waals surface area contributed by atoms with Crippen LogP contribution in [0.1, 0.15) is 31.9 Å². The first kappa shape index (κ1) is 8.60. The molecule has 0 aromatic carbocycles. The highest BCUT2D eigenvalue weighted by atomic mass is 15.1. The molecular formula is C10H17N3. The van der Waals surface area contributed by atoms with Crippen molar-refractivity contribution in [1.82, 2.24) is 9.97 Å². The van der Waals surface area contributed by atoms with Crippen molar-refractivity contribution in [2.75, 3.05) is 5.32 Å². The summed E-state index contributed by atoms with van der Waals surface area (Å²) >= 11 is 0. The Morgan fingerprint density at radius 1 is 1.62 bits per heavy atom. The minimum atomic E-state index is 0.555. The van der Waals surface area contributed by atoms with Crippen molar-refractivity contribution >= 4 is 5.95 Å². The van der Waals surface area contributed by atoms with E-state index in [1.165, 1.54) is 19.3 Å². The van der Waals surface area contributed by atoms with E-state index in [0.29, 0.717) is 6.04 Å². The number of hydrogen-bond acceptors (Lipinski definition) is 2. The van der Waals surface area contributed by atoms with E-state index in [1.807, 2.05) is 13.1 Å². The van der Waals surface area contributed by atoms with E-state index in [9.17, 15) is 0 Å². The second-order valence-electron chi connectivity index (χ2n) is 4.04. The fraction of sp³-hybridized carbons (Fsp3) is 0.700. The molecule has 1 saturated carbocycles. The summed E-state index contributed by atoms with van der Waals surface area (Å²) in [7, 11) is 0. The molecule has 0 aliphatic heterocycles. The molecule has 13 heavy (non-hydrogen) atoms. The van der Waals surface area contributed by atoms with Gasteiger partial charge in [0.25, 0.3) is 0 Å². The SMILES string of the molecule is Cc1cnc(NC(C)C2CCC2)[nH]1. The monoisotopic (exact) mass is 179 g/mol. The Hall–Kier alpha value is -0.990. The number of aryl methyl sites for hydroxylation is 1. The number of aromatic nitrogens is 2. The van der Waals surface area contributed by atoms with Gasteiger partial charge in [-0.15, -0.1) is 0 Å². The van der Waals surface area contributed by atoms with E-state index < -0.39 is 0 Å². The van der Waals surface area contributed by atoms with Gasteiger partial charge in [0.05, 0.1) is 0 Å². The third-order valence-electron chi connectivity index (χ3n) is 2.92. The molecule has 1 aliphatic carbocycles. The molecule has 3 nitrogen and oxygen atoms in total. The molecule has 2 N–H and O–H groups in total. The molecule has 1 aromatic heterocycles. The van der Waals surface area contributed by atoms with E-state index in [2.05, 4.69) is 22.2 Å². The molecule has 0 radical (unpaired) electrons. The lowest BCUT2D eigenvalue weighted by molar-refractivity contribution is 0.284. The van der Waals surface area contributed by atoms with Gasteiger partial charge in [-0.05, 0) is 32.6 Å². The summed E-state index contributed by atoms with van der Waals surface area (Å²) in [6, 6.07) is 0.555. The van der Waals surface area contributed by atoms with Crippen LogP contribution >= 0.6 is 0 Å². The van der Waals surface area contributed by atoms with Crippen LogP contribution in [0.25, 0.3) is 0 Å². The van der Waals surface area contributed by atoms with E-state index >= 15 is 0 Å². The standard InChI is InChI=1S/C10H17N3/c1-7-6-11-10(12-7)13-8(2)9-4-3-5-9/h6,8-9H,3-5H2,1-2H3,(H2,11,12,13). The summed E-state index contributed by atoms with van der Waals surface area (Å²) in [6.07, 6.45) is 5.99. The van der Waals surface area contributed by atoms with Crippen molar-refractivity contribution < 1.29 is 0 Å². The Kier molecular flexibility index (Phi) is 2.25. The molecule has 0 saturated heterocycles. The van der Waals surface area contributed by atoms with Gasteiger partial charge < -0.3 is 10.3 Å². The van der Waals surface area contributed by atoms with Crippen LogP contribution < -0.4 is 5.32 Å². The fourth-order valence-corrected chi connectivity index (χ4v) is 1.76. The lowest BCUT2D eigenvalue weighted by atomic mass is 9.80. The molecule has 0 bridgehead atoms. The van der Waals surface area contributed by atoms with Crippen LogP contribution in [0, 0.1) is 12.8 Å². The van der Waals surface area contributed by atoms with Crippen LogP contribution in [-0.4, -0.2) is 16.0 Å². The fourth-order valence-electron chi connectivity index (χ4n) is 1.76. The molecule has 1 fully saturated rings. The number of aromatic amines is 1. The Labute approximate surface area is 79.0 Å². The van der Waals surface area contributed by atoms with Gasteiger partial charge in [-0.1, -0.05) is 6.42 Å². The third-order valence-corrected chi connectivity index (χ3v) is 2.92. The molecule has 1 unspecified atom stereocenters. The minimum absolute atomic E-state index is 0.555. The number of imidazole rings is 1. The number of H-pyrrole nitrogens is 1. The average Bonchev–Trinajstić information content (AvgIpc) is 2.31. The van der Waals surface area contributed by atoms with Gasteiger partial charge in [-0.25, -0.2) is 4.98 Å². The molecule has 72 valence electrons. The highest BCUT2D eigenvalue weighted by Gasteiger charge is 2.23. The molecule has 3 heteroatoms. The van der Waals surface area contributed by atoms with E-state index in [0.717, 1.165) is 17.6 Å². The first-order chi connectivity index (χ1) is 6.25. The first-order valence-corrected chi connectivity index (χ1v) is 5.04. The van der Waals surface area contributed by atoms with Crippen molar-refractivity contribution in [1.29, 1.82) is 0 Å². The molecular weight excluding hydrogens is 162 g/mol. The quantitative estimate of drug-likeness (QED) is 0.747. The Morgan fingerprint density at radius 2 is 2.38 bits per heavy atom. The van der Waals surface area contributed by atoms with Gasteiger partial charge in [0.2, 0.25) is 5.95 Å². The zero-order valence-corrected chi connectivity index (χ0v) is 8.30. The molecule has 1 aliphatic rings. The van der Waals surface area contributed by atoms with Crippen LogP contribution in [0.5, 0.6) is 0 Å². The summed E-state index contributed by atoms with van der Waals surface area (Å²) in [5.74, 6) is 1.77. The number of nitrogens with zero attached hydrogens (tertiary/aromatic N) is 1. The largest absolute Gasteiger partial charge is 0.353 e. The van der Waals surface area contributed by atoms with Crippen molar-refractivity contribution in [2.45, 2.75) is 39.2 Å². The zero-order valence-electron chi connectivity index (χ0n) is 8.30. The highest BCUT2D eigenvalue weighted by Crippen LogP contribution is 2.30. The van der Waals surface area contributed by atoms with Gasteiger partial charge in [0, 0.05) is 17.9 Å². The Morgan fingerprint density at radius 3 is 2.85 bits per heavy atom.